The van der Waals surface area contributed by atoms with Gasteiger partial charge >= 0.3 is 5.97 Å². The van der Waals surface area contributed by atoms with E-state index in [1.165, 1.54) is 12.1 Å². The van der Waals surface area contributed by atoms with Crippen molar-refractivity contribution in [2.75, 3.05) is 11.9 Å². The molecule has 0 aliphatic rings. The fourth-order valence-electron chi connectivity index (χ4n) is 1.54. The van der Waals surface area contributed by atoms with Crippen LogP contribution in [0.25, 0.3) is 0 Å². The lowest BCUT2D eigenvalue weighted by molar-refractivity contribution is 0.0663. The van der Waals surface area contributed by atoms with Gasteiger partial charge in [0, 0.05) is 12.6 Å². The van der Waals surface area contributed by atoms with Crippen molar-refractivity contribution in [3.8, 4) is 0 Å². The zero-order valence-electron chi connectivity index (χ0n) is 9.54. The molecule has 1 heterocycles. The average molecular weight is 247 g/mol. The SMILES string of the molecule is O=C(O)c1ccc(NCC(O)c2ccccc2)o1. The largest absolute Gasteiger partial charge is 0.475 e. The first-order valence-electron chi connectivity index (χ1n) is 5.47. The van der Waals surface area contributed by atoms with Gasteiger partial charge in [0.1, 0.15) is 0 Å². The Morgan fingerprint density at radius 3 is 2.56 bits per heavy atom. The number of carbonyl (C=O) groups is 1. The maximum absolute atomic E-state index is 10.6. The summed E-state index contributed by atoms with van der Waals surface area (Å²) in [6.07, 6.45) is -0.676. The Morgan fingerprint density at radius 2 is 1.94 bits per heavy atom. The highest BCUT2D eigenvalue weighted by Crippen LogP contribution is 2.16. The summed E-state index contributed by atoms with van der Waals surface area (Å²) < 4.78 is 5.01. The lowest BCUT2D eigenvalue weighted by atomic mass is 10.1. The van der Waals surface area contributed by atoms with Crippen molar-refractivity contribution >= 4 is 11.9 Å². The van der Waals surface area contributed by atoms with Crippen LogP contribution in [0.4, 0.5) is 5.88 Å². The molecule has 5 heteroatoms. The van der Waals surface area contributed by atoms with E-state index in [2.05, 4.69) is 5.32 Å². The number of hydrogen-bond donors (Lipinski definition) is 3. The number of anilines is 1. The molecule has 1 unspecified atom stereocenters. The molecule has 1 aromatic heterocycles. The second kappa shape index (κ2) is 5.37. The van der Waals surface area contributed by atoms with Gasteiger partial charge in [-0.25, -0.2) is 4.79 Å². The summed E-state index contributed by atoms with van der Waals surface area (Å²) in [5.74, 6) is -0.930. The zero-order valence-corrected chi connectivity index (χ0v) is 9.54. The Balaban J connectivity index is 1.93. The summed E-state index contributed by atoms with van der Waals surface area (Å²) in [6.45, 7) is 0.247. The maximum Gasteiger partial charge on any atom is 0.371 e. The highest BCUT2D eigenvalue weighted by atomic mass is 16.4. The Kier molecular flexibility index (Phi) is 3.64. The van der Waals surface area contributed by atoms with E-state index in [4.69, 9.17) is 9.52 Å². The number of benzene rings is 1. The van der Waals surface area contributed by atoms with Gasteiger partial charge in [-0.1, -0.05) is 30.3 Å². The molecule has 0 amide bonds. The summed E-state index contributed by atoms with van der Waals surface area (Å²) in [6, 6.07) is 12.1. The van der Waals surface area contributed by atoms with Gasteiger partial charge in [-0.2, -0.15) is 0 Å². The van der Waals surface area contributed by atoms with Gasteiger partial charge in [-0.15, -0.1) is 0 Å². The Hall–Kier alpha value is -2.27. The van der Waals surface area contributed by atoms with Crippen molar-refractivity contribution in [3.63, 3.8) is 0 Å². The lowest BCUT2D eigenvalue weighted by Crippen LogP contribution is -2.11. The molecule has 0 spiro atoms. The first-order valence-corrected chi connectivity index (χ1v) is 5.47. The normalized spacial score (nSPS) is 12.1. The number of aromatic carboxylic acids is 1. The number of nitrogens with one attached hydrogen (secondary N) is 1. The molecular formula is C13H13NO4. The van der Waals surface area contributed by atoms with Gasteiger partial charge in [-0.3, -0.25) is 0 Å². The number of carboxylic acid groups (broad SMARTS) is 1. The number of furan rings is 1. The van der Waals surface area contributed by atoms with Gasteiger partial charge < -0.3 is 19.9 Å². The van der Waals surface area contributed by atoms with Crippen molar-refractivity contribution in [1.82, 2.24) is 0 Å². The first-order chi connectivity index (χ1) is 8.66. The molecule has 18 heavy (non-hydrogen) atoms. The Morgan fingerprint density at radius 1 is 1.22 bits per heavy atom. The van der Waals surface area contributed by atoms with Crippen LogP contribution >= 0.6 is 0 Å². The molecule has 2 rings (SSSR count). The van der Waals surface area contributed by atoms with Gasteiger partial charge in [0.2, 0.25) is 5.76 Å². The molecule has 0 saturated heterocycles. The number of carboxylic acids is 1. The van der Waals surface area contributed by atoms with E-state index < -0.39 is 12.1 Å². The van der Waals surface area contributed by atoms with Crippen LogP contribution in [0.1, 0.15) is 22.2 Å². The van der Waals surface area contributed by atoms with E-state index in [0.29, 0.717) is 5.88 Å². The predicted molar refractivity (Wildman–Crippen MR) is 65.6 cm³/mol. The number of hydrogen-bond acceptors (Lipinski definition) is 4. The van der Waals surface area contributed by atoms with Crippen LogP contribution in [0.5, 0.6) is 0 Å². The van der Waals surface area contributed by atoms with Crippen molar-refractivity contribution in [2.45, 2.75) is 6.10 Å². The third-order valence-electron chi connectivity index (χ3n) is 2.47. The molecule has 0 aliphatic heterocycles. The second-order valence-electron chi connectivity index (χ2n) is 3.78. The van der Waals surface area contributed by atoms with E-state index in [-0.39, 0.29) is 12.3 Å². The Labute approximate surface area is 104 Å². The molecule has 1 atom stereocenters. The van der Waals surface area contributed by atoms with Crippen molar-refractivity contribution < 1.29 is 19.4 Å². The summed E-state index contributed by atoms with van der Waals surface area (Å²) in [5, 5.41) is 21.4. The smallest absolute Gasteiger partial charge is 0.371 e. The topological polar surface area (TPSA) is 82.7 Å². The van der Waals surface area contributed by atoms with Gasteiger partial charge in [0.05, 0.1) is 6.10 Å². The third-order valence-corrected chi connectivity index (χ3v) is 2.47. The number of rotatable bonds is 5. The molecule has 94 valence electrons. The van der Waals surface area contributed by atoms with Crippen molar-refractivity contribution in [2.24, 2.45) is 0 Å². The molecular weight excluding hydrogens is 234 g/mol. The monoisotopic (exact) mass is 247 g/mol. The fraction of sp³-hybridized carbons (Fsp3) is 0.154. The number of aliphatic hydroxyl groups excluding tert-OH is 1. The number of aliphatic hydroxyl groups is 1. The van der Waals surface area contributed by atoms with Crippen LogP contribution in [0.15, 0.2) is 46.9 Å². The molecule has 1 aromatic carbocycles. The minimum atomic E-state index is -1.12. The maximum atomic E-state index is 10.6. The van der Waals surface area contributed by atoms with E-state index in [1.54, 1.807) is 0 Å². The summed E-state index contributed by atoms with van der Waals surface area (Å²) in [4.78, 5) is 10.6. The van der Waals surface area contributed by atoms with E-state index in [9.17, 15) is 9.90 Å². The predicted octanol–water partition coefficient (Wildman–Crippen LogP) is 2.12. The van der Waals surface area contributed by atoms with Crippen LogP contribution in [0.3, 0.4) is 0 Å². The highest BCUT2D eigenvalue weighted by Gasteiger charge is 2.10. The second-order valence-corrected chi connectivity index (χ2v) is 3.78. The Bertz CT molecular complexity index is 521. The highest BCUT2D eigenvalue weighted by molar-refractivity contribution is 5.84. The van der Waals surface area contributed by atoms with Crippen LogP contribution in [0.2, 0.25) is 0 Å². The van der Waals surface area contributed by atoms with E-state index in [0.717, 1.165) is 5.56 Å². The quantitative estimate of drug-likeness (QED) is 0.753. The van der Waals surface area contributed by atoms with Gasteiger partial charge in [0.15, 0.2) is 5.88 Å². The van der Waals surface area contributed by atoms with Crippen molar-refractivity contribution in [1.29, 1.82) is 0 Å². The van der Waals surface area contributed by atoms with Crippen LogP contribution in [-0.4, -0.2) is 22.7 Å². The summed E-state index contributed by atoms with van der Waals surface area (Å²) in [5.41, 5.74) is 0.787. The van der Waals surface area contributed by atoms with Crippen LogP contribution in [-0.2, 0) is 0 Å². The third kappa shape index (κ3) is 2.89. The first kappa shape index (κ1) is 12.2. The van der Waals surface area contributed by atoms with Crippen LogP contribution < -0.4 is 5.32 Å². The zero-order chi connectivity index (χ0) is 13.0. The minimum Gasteiger partial charge on any atom is -0.475 e. The molecule has 0 saturated carbocycles. The summed E-state index contributed by atoms with van der Waals surface area (Å²) >= 11 is 0. The molecule has 0 bridgehead atoms. The van der Waals surface area contributed by atoms with E-state index >= 15 is 0 Å². The van der Waals surface area contributed by atoms with Crippen molar-refractivity contribution in [3.05, 3.63) is 53.8 Å². The molecule has 0 aliphatic carbocycles. The van der Waals surface area contributed by atoms with Gasteiger partial charge in [0.25, 0.3) is 0 Å². The van der Waals surface area contributed by atoms with Crippen LogP contribution in [0, 0.1) is 0 Å². The molecule has 2 aromatic rings. The summed E-state index contributed by atoms with van der Waals surface area (Å²) in [7, 11) is 0. The average Bonchev–Trinajstić information content (AvgIpc) is 2.86. The molecule has 0 fully saturated rings. The molecule has 5 nitrogen and oxygen atoms in total. The van der Waals surface area contributed by atoms with E-state index in [1.807, 2.05) is 30.3 Å². The van der Waals surface area contributed by atoms with Gasteiger partial charge in [-0.05, 0) is 11.6 Å². The fourth-order valence-corrected chi connectivity index (χ4v) is 1.54. The lowest BCUT2D eigenvalue weighted by Gasteiger charge is -2.11. The standard InChI is InChI=1S/C13H13NO4/c15-10(9-4-2-1-3-5-9)8-14-12-7-6-11(18-12)13(16)17/h1-7,10,14-15H,8H2,(H,16,17). The minimum absolute atomic E-state index is 0.133. The molecule has 0 radical (unpaired) electrons. The molecule has 3 N–H and O–H groups in total.